The standard InChI is InChI=1S/C15H25N/c1-11(2)9-13-5-7-14(8-6-13)15(16)10-12(3)4/h5-8,11-12,15H,9-10,16H2,1-4H3. The summed E-state index contributed by atoms with van der Waals surface area (Å²) in [6, 6.07) is 8.99. The molecule has 1 heteroatoms. The first-order valence-electron chi connectivity index (χ1n) is 6.33. The normalized spacial score (nSPS) is 13.4. The highest BCUT2D eigenvalue weighted by Gasteiger charge is 2.08. The van der Waals surface area contributed by atoms with Crippen molar-refractivity contribution in [1.29, 1.82) is 0 Å². The Labute approximate surface area is 100 Å². The summed E-state index contributed by atoms with van der Waals surface area (Å²) in [6.45, 7) is 8.93. The van der Waals surface area contributed by atoms with E-state index in [0.717, 1.165) is 18.8 Å². The molecule has 0 spiro atoms. The quantitative estimate of drug-likeness (QED) is 0.797. The average Bonchev–Trinajstić information content (AvgIpc) is 2.16. The van der Waals surface area contributed by atoms with Crippen molar-refractivity contribution in [2.24, 2.45) is 17.6 Å². The molecule has 1 rings (SSSR count). The fourth-order valence-electron chi connectivity index (χ4n) is 2.02. The van der Waals surface area contributed by atoms with Crippen molar-refractivity contribution in [2.75, 3.05) is 0 Å². The van der Waals surface area contributed by atoms with Gasteiger partial charge >= 0.3 is 0 Å². The molecular formula is C15H25N. The van der Waals surface area contributed by atoms with Gasteiger partial charge in [-0.3, -0.25) is 0 Å². The van der Waals surface area contributed by atoms with Gasteiger partial charge in [0.1, 0.15) is 0 Å². The average molecular weight is 219 g/mol. The molecule has 16 heavy (non-hydrogen) atoms. The van der Waals surface area contributed by atoms with Crippen LogP contribution in [0.1, 0.15) is 51.3 Å². The predicted octanol–water partition coefficient (Wildman–Crippen LogP) is 3.93. The van der Waals surface area contributed by atoms with Crippen molar-refractivity contribution < 1.29 is 0 Å². The molecule has 2 N–H and O–H groups in total. The topological polar surface area (TPSA) is 26.0 Å². The van der Waals surface area contributed by atoms with E-state index in [1.165, 1.54) is 11.1 Å². The first kappa shape index (κ1) is 13.2. The highest BCUT2D eigenvalue weighted by molar-refractivity contribution is 5.25. The van der Waals surface area contributed by atoms with Crippen molar-refractivity contribution in [1.82, 2.24) is 0 Å². The monoisotopic (exact) mass is 219 g/mol. The molecule has 1 nitrogen and oxygen atoms in total. The number of benzene rings is 1. The van der Waals surface area contributed by atoms with E-state index in [1.54, 1.807) is 0 Å². The van der Waals surface area contributed by atoms with Gasteiger partial charge in [-0.25, -0.2) is 0 Å². The van der Waals surface area contributed by atoms with Gasteiger partial charge in [-0.05, 0) is 35.8 Å². The van der Waals surface area contributed by atoms with Gasteiger partial charge in [-0.1, -0.05) is 52.0 Å². The molecule has 0 radical (unpaired) electrons. The van der Waals surface area contributed by atoms with Gasteiger partial charge in [0.25, 0.3) is 0 Å². The van der Waals surface area contributed by atoms with E-state index in [4.69, 9.17) is 5.73 Å². The maximum atomic E-state index is 6.15. The number of hydrogen-bond donors (Lipinski definition) is 1. The number of rotatable bonds is 5. The Balaban J connectivity index is 2.63. The van der Waals surface area contributed by atoms with Crippen LogP contribution in [0.5, 0.6) is 0 Å². The summed E-state index contributed by atoms with van der Waals surface area (Å²) in [7, 11) is 0. The van der Waals surface area contributed by atoms with Crippen LogP contribution >= 0.6 is 0 Å². The highest BCUT2D eigenvalue weighted by Crippen LogP contribution is 2.19. The van der Waals surface area contributed by atoms with Gasteiger partial charge in [0.15, 0.2) is 0 Å². The van der Waals surface area contributed by atoms with Crippen molar-refractivity contribution in [3.63, 3.8) is 0 Å². The third kappa shape index (κ3) is 4.36. The van der Waals surface area contributed by atoms with Crippen LogP contribution in [0.25, 0.3) is 0 Å². The van der Waals surface area contributed by atoms with Gasteiger partial charge < -0.3 is 5.73 Å². The van der Waals surface area contributed by atoms with Crippen molar-refractivity contribution in [3.05, 3.63) is 35.4 Å². The summed E-state index contributed by atoms with van der Waals surface area (Å²) in [6.07, 6.45) is 2.21. The van der Waals surface area contributed by atoms with E-state index in [9.17, 15) is 0 Å². The lowest BCUT2D eigenvalue weighted by atomic mass is 9.95. The van der Waals surface area contributed by atoms with Gasteiger partial charge in [0.2, 0.25) is 0 Å². The number of hydrogen-bond acceptors (Lipinski definition) is 1. The maximum absolute atomic E-state index is 6.15. The molecular weight excluding hydrogens is 194 g/mol. The Morgan fingerprint density at radius 3 is 1.94 bits per heavy atom. The van der Waals surface area contributed by atoms with Crippen molar-refractivity contribution in [3.8, 4) is 0 Å². The van der Waals surface area contributed by atoms with Crippen molar-refractivity contribution >= 4 is 0 Å². The first-order chi connectivity index (χ1) is 7.49. The molecule has 1 atom stereocenters. The molecule has 1 unspecified atom stereocenters. The van der Waals surface area contributed by atoms with Crippen LogP contribution in [-0.4, -0.2) is 0 Å². The van der Waals surface area contributed by atoms with Crippen molar-refractivity contribution in [2.45, 2.75) is 46.6 Å². The second-order valence-electron chi connectivity index (χ2n) is 5.58. The van der Waals surface area contributed by atoms with Crippen LogP contribution in [0.3, 0.4) is 0 Å². The zero-order valence-corrected chi connectivity index (χ0v) is 11.0. The zero-order valence-electron chi connectivity index (χ0n) is 11.0. The molecule has 0 amide bonds. The molecule has 90 valence electrons. The Morgan fingerprint density at radius 1 is 0.938 bits per heavy atom. The minimum Gasteiger partial charge on any atom is -0.324 e. The summed E-state index contributed by atoms with van der Waals surface area (Å²) >= 11 is 0. The second kappa shape index (κ2) is 6.05. The van der Waals surface area contributed by atoms with E-state index in [2.05, 4.69) is 52.0 Å². The lowest BCUT2D eigenvalue weighted by molar-refractivity contribution is 0.510. The molecule has 0 heterocycles. The van der Waals surface area contributed by atoms with Gasteiger partial charge in [-0.2, -0.15) is 0 Å². The van der Waals surface area contributed by atoms with E-state index in [-0.39, 0.29) is 6.04 Å². The van der Waals surface area contributed by atoms with Crippen LogP contribution in [0.15, 0.2) is 24.3 Å². The molecule has 0 saturated heterocycles. The molecule has 0 aliphatic heterocycles. The molecule has 0 bridgehead atoms. The Morgan fingerprint density at radius 2 is 1.50 bits per heavy atom. The Bertz CT molecular complexity index is 298. The summed E-state index contributed by atoms with van der Waals surface area (Å²) in [5.41, 5.74) is 8.82. The molecule has 1 aromatic carbocycles. The third-order valence-electron chi connectivity index (χ3n) is 2.78. The Hall–Kier alpha value is -0.820. The molecule has 1 aromatic rings. The van der Waals surface area contributed by atoms with E-state index in [0.29, 0.717) is 5.92 Å². The zero-order chi connectivity index (χ0) is 12.1. The summed E-state index contributed by atoms with van der Waals surface area (Å²) in [4.78, 5) is 0. The smallest absolute Gasteiger partial charge is 0.0297 e. The van der Waals surface area contributed by atoms with E-state index in [1.807, 2.05) is 0 Å². The van der Waals surface area contributed by atoms with Gasteiger partial charge in [-0.15, -0.1) is 0 Å². The Kier molecular flexibility index (Phi) is 5.01. The predicted molar refractivity (Wildman–Crippen MR) is 71.4 cm³/mol. The highest BCUT2D eigenvalue weighted by atomic mass is 14.6. The second-order valence-corrected chi connectivity index (χ2v) is 5.58. The van der Waals surface area contributed by atoms with Gasteiger partial charge in [0, 0.05) is 6.04 Å². The van der Waals surface area contributed by atoms with Crippen LogP contribution in [0.4, 0.5) is 0 Å². The molecule has 0 aromatic heterocycles. The van der Waals surface area contributed by atoms with Crippen LogP contribution in [-0.2, 0) is 6.42 Å². The molecule has 0 fully saturated rings. The maximum Gasteiger partial charge on any atom is 0.0297 e. The van der Waals surface area contributed by atoms with Crippen LogP contribution in [0, 0.1) is 11.8 Å². The summed E-state index contributed by atoms with van der Waals surface area (Å²) < 4.78 is 0. The lowest BCUT2D eigenvalue weighted by Crippen LogP contribution is -2.12. The lowest BCUT2D eigenvalue weighted by Gasteiger charge is -2.15. The molecule has 0 saturated carbocycles. The third-order valence-corrected chi connectivity index (χ3v) is 2.78. The summed E-state index contributed by atoms with van der Waals surface area (Å²) in [5.74, 6) is 1.38. The molecule has 0 aliphatic rings. The van der Waals surface area contributed by atoms with E-state index < -0.39 is 0 Å². The van der Waals surface area contributed by atoms with Crippen LogP contribution in [0.2, 0.25) is 0 Å². The number of nitrogens with two attached hydrogens (primary N) is 1. The van der Waals surface area contributed by atoms with Crippen LogP contribution < -0.4 is 5.73 Å². The SMILES string of the molecule is CC(C)Cc1ccc(C(N)CC(C)C)cc1. The minimum absolute atomic E-state index is 0.188. The first-order valence-corrected chi connectivity index (χ1v) is 6.33. The fourth-order valence-corrected chi connectivity index (χ4v) is 2.02. The largest absolute Gasteiger partial charge is 0.324 e. The molecule has 0 aliphatic carbocycles. The minimum atomic E-state index is 0.188. The van der Waals surface area contributed by atoms with Gasteiger partial charge in [0.05, 0.1) is 0 Å². The summed E-state index contributed by atoms with van der Waals surface area (Å²) in [5, 5.41) is 0. The fraction of sp³-hybridized carbons (Fsp3) is 0.600. The van der Waals surface area contributed by atoms with E-state index >= 15 is 0 Å².